The molecule has 11 rings (SSSR count). The molecule has 4 aliphatic heterocycles. The number of carbonyl (C=O) groups excluding carboxylic acids is 6. The highest BCUT2D eigenvalue weighted by molar-refractivity contribution is 6.56. The van der Waals surface area contributed by atoms with Gasteiger partial charge in [-0.1, -0.05) is 46.4 Å². The Bertz CT molecular complexity index is 3650. The van der Waals surface area contributed by atoms with E-state index in [1.165, 1.54) is 50.5 Å². The molecular weight excluding hydrogens is 1080 g/mol. The molecule has 6 heterocycles. The van der Waals surface area contributed by atoms with Gasteiger partial charge in [-0.15, -0.1) is 0 Å². The Morgan fingerprint density at radius 2 is 0.855 bits per heavy atom. The minimum atomic E-state index is -1.09. The Morgan fingerprint density at radius 3 is 1.17 bits per heavy atom. The maximum Gasteiger partial charge on any atom is 0.330 e. The molecule has 0 aliphatic carbocycles. The van der Waals surface area contributed by atoms with E-state index in [-0.39, 0.29) is 148 Å². The minimum Gasteiger partial charge on any atom is -0.390 e. The molecule has 0 spiro atoms. The van der Waals surface area contributed by atoms with Gasteiger partial charge in [-0.25, -0.2) is 9.59 Å². The first kappa shape index (κ1) is 51.1. The molecule has 4 aliphatic rings. The fourth-order valence-corrected chi connectivity index (χ4v) is 11.9. The van der Waals surface area contributed by atoms with Gasteiger partial charge in [0.05, 0.1) is 34.5 Å². The standard InChI is InChI=1S/C50H40Cl4N8O14/c1-17-15-61(49(73)57-43(17)67)33-11-27(63)29(75-33)13-55-31(65)3-5-59-45(69)19-7-23(51)37-39-25(53)9-21-36-22(10-26(54)40(42(36)39)38-24(52)8-20(46(59)70)35(19)41(37)38)48(72)60(47(21)71)6-4-32(66)56-14-30-28(64)12-34(76-30)62-16-18(2)44(68)58-50(62)74/h7-10,15-16,27-30,33-34,63-64H,3-6,11-14H2,1-2H3,(H,55,65)(H,56,66)(H,57,67,73)(H,58,68,74)/t27-,28+,29+,30-,33+,34-. The van der Waals surface area contributed by atoms with Crippen LogP contribution in [-0.4, -0.2) is 125 Å². The number of rotatable bonds is 12. The van der Waals surface area contributed by atoms with Gasteiger partial charge < -0.3 is 30.3 Å². The van der Waals surface area contributed by atoms with E-state index in [1.807, 2.05) is 0 Å². The number of aromatic nitrogens is 4. The lowest BCUT2D eigenvalue weighted by molar-refractivity contribution is -0.123. The number of imide groups is 2. The van der Waals surface area contributed by atoms with Crippen molar-refractivity contribution in [3.8, 4) is 0 Å². The molecule has 0 bridgehead atoms. The molecule has 0 unspecified atom stereocenters. The van der Waals surface area contributed by atoms with E-state index in [1.54, 1.807) is 0 Å². The summed E-state index contributed by atoms with van der Waals surface area (Å²) in [7, 11) is 0. The maximum atomic E-state index is 14.3. The number of nitrogens with one attached hydrogen (secondary N) is 4. The number of halogens is 4. The van der Waals surface area contributed by atoms with Crippen LogP contribution in [-0.2, 0) is 19.1 Å². The van der Waals surface area contributed by atoms with Crippen LogP contribution in [0, 0.1) is 13.8 Å². The van der Waals surface area contributed by atoms with E-state index in [0.717, 1.165) is 18.9 Å². The molecular formula is C50H40Cl4N8O14. The fourth-order valence-electron chi connectivity index (χ4n) is 10.7. The summed E-state index contributed by atoms with van der Waals surface area (Å²) < 4.78 is 14.0. The zero-order valence-electron chi connectivity index (χ0n) is 39.7. The summed E-state index contributed by atoms with van der Waals surface area (Å²) in [6, 6.07) is 5.45. The van der Waals surface area contributed by atoms with Crippen LogP contribution in [0.15, 0.2) is 55.8 Å². The molecule has 2 aromatic heterocycles. The largest absolute Gasteiger partial charge is 0.390 e. The van der Waals surface area contributed by atoms with Crippen molar-refractivity contribution in [2.24, 2.45) is 0 Å². The quantitative estimate of drug-likeness (QED) is 0.0580. The highest BCUT2D eigenvalue weighted by atomic mass is 35.5. The molecule has 6 amide bonds. The molecule has 5 aromatic carbocycles. The zero-order valence-corrected chi connectivity index (χ0v) is 42.7. The number of aryl methyl sites for hydroxylation is 2. The number of aliphatic hydroxyl groups is 2. The number of H-pyrrole nitrogens is 2. The molecule has 6 atom stereocenters. The number of nitrogens with zero attached hydrogens (tertiary/aromatic N) is 4. The Hall–Kier alpha value is -7.02. The lowest BCUT2D eigenvalue weighted by Crippen LogP contribution is -2.43. The van der Waals surface area contributed by atoms with Crippen molar-refractivity contribution in [2.75, 3.05) is 26.2 Å². The molecule has 2 fully saturated rings. The van der Waals surface area contributed by atoms with Crippen LogP contribution in [0.4, 0.5) is 0 Å². The second-order valence-corrected chi connectivity index (χ2v) is 20.7. The smallest absolute Gasteiger partial charge is 0.330 e. The molecule has 26 heteroatoms. The van der Waals surface area contributed by atoms with Crippen LogP contribution in [0.25, 0.3) is 43.1 Å². The Morgan fingerprint density at radius 1 is 0.539 bits per heavy atom. The first-order chi connectivity index (χ1) is 36.1. The van der Waals surface area contributed by atoms with Crippen molar-refractivity contribution >= 4 is 125 Å². The Labute approximate surface area is 445 Å². The highest BCUT2D eigenvalue weighted by Crippen LogP contribution is 2.54. The number of carbonyl (C=O) groups is 6. The molecule has 22 nitrogen and oxygen atoms in total. The van der Waals surface area contributed by atoms with Gasteiger partial charge in [0.15, 0.2) is 0 Å². The minimum absolute atomic E-state index is 0.00173. The van der Waals surface area contributed by atoms with E-state index in [2.05, 4.69) is 20.6 Å². The predicted octanol–water partition coefficient (Wildman–Crippen LogP) is 3.57. The third-order valence-corrected chi connectivity index (χ3v) is 15.7. The number of hydrogen-bond acceptors (Lipinski definition) is 14. The van der Waals surface area contributed by atoms with Crippen molar-refractivity contribution < 1.29 is 48.5 Å². The summed E-state index contributed by atoms with van der Waals surface area (Å²) in [5.74, 6) is -4.32. The number of fused-ring (bicyclic) bond motifs is 2. The van der Waals surface area contributed by atoms with E-state index >= 15 is 0 Å². The monoisotopic (exact) mass is 1120 g/mol. The second kappa shape index (κ2) is 18.9. The van der Waals surface area contributed by atoms with Crippen molar-refractivity contribution in [3.63, 3.8) is 0 Å². The number of aliphatic hydroxyl groups excluding tert-OH is 2. The summed E-state index contributed by atoms with van der Waals surface area (Å²) in [5.41, 5.74) is -2.08. The molecule has 7 aromatic rings. The molecule has 0 radical (unpaired) electrons. The van der Waals surface area contributed by atoms with E-state index in [4.69, 9.17) is 55.9 Å². The summed E-state index contributed by atoms with van der Waals surface area (Å²) in [6.07, 6.45) is -3.98. The van der Waals surface area contributed by atoms with Crippen LogP contribution in [0.3, 0.4) is 0 Å². The lowest BCUT2D eigenvalue weighted by atomic mass is 9.82. The third-order valence-electron chi connectivity index (χ3n) is 14.5. The maximum absolute atomic E-state index is 14.3. The van der Waals surface area contributed by atoms with Gasteiger partial charge in [-0.3, -0.25) is 67.3 Å². The van der Waals surface area contributed by atoms with Crippen LogP contribution < -0.4 is 33.1 Å². The van der Waals surface area contributed by atoms with Gasteiger partial charge in [0, 0.05) is 139 Å². The normalized spacial score (nSPS) is 21.4. The predicted molar refractivity (Wildman–Crippen MR) is 275 cm³/mol. The summed E-state index contributed by atoms with van der Waals surface area (Å²) in [5, 5.41) is 28.4. The van der Waals surface area contributed by atoms with Crippen molar-refractivity contribution in [3.05, 3.63) is 132 Å². The van der Waals surface area contributed by atoms with E-state index in [0.29, 0.717) is 0 Å². The van der Waals surface area contributed by atoms with Gasteiger partial charge in [0.25, 0.3) is 34.7 Å². The van der Waals surface area contributed by atoms with Crippen molar-refractivity contribution in [1.82, 2.24) is 39.5 Å². The summed E-state index contributed by atoms with van der Waals surface area (Å²) >= 11 is 28.4. The van der Waals surface area contributed by atoms with Gasteiger partial charge in [-0.2, -0.15) is 0 Å². The number of aromatic amines is 2. The topological polar surface area (TPSA) is 302 Å². The average Bonchev–Trinajstić information content (AvgIpc) is 4.00. The van der Waals surface area contributed by atoms with Crippen LogP contribution >= 0.6 is 46.4 Å². The van der Waals surface area contributed by atoms with Gasteiger partial charge in [0.1, 0.15) is 24.7 Å². The van der Waals surface area contributed by atoms with E-state index < -0.39 is 94.8 Å². The molecule has 6 N–H and O–H groups in total. The lowest BCUT2D eigenvalue weighted by Gasteiger charge is -2.31. The highest BCUT2D eigenvalue weighted by Gasteiger charge is 2.41. The molecule has 392 valence electrons. The number of ether oxygens (including phenoxy) is 2. The van der Waals surface area contributed by atoms with Gasteiger partial charge in [-0.05, 0) is 38.1 Å². The number of hydrogen-bond donors (Lipinski definition) is 6. The number of amides is 6. The first-order valence-corrected chi connectivity index (χ1v) is 25.2. The summed E-state index contributed by atoms with van der Waals surface area (Å²) in [4.78, 5) is 138. The van der Waals surface area contributed by atoms with Gasteiger partial charge >= 0.3 is 11.4 Å². The Balaban J connectivity index is 0.827. The van der Waals surface area contributed by atoms with Gasteiger partial charge in [0.2, 0.25) is 11.8 Å². The fraction of sp³-hybridized carbons (Fsp3) is 0.320. The van der Waals surface area contributed by atoms with Crippen molar-refractivity contribution in [2.45, 2.75) is 76.4 Å². The summed E-state index contributed by atoms with van der Waals surface area (Å²) in [6.45, 7) is 1.88. The molecule has 2 saturated heterocycles. The first-order valence-electron chi connectivity index (χ1n) is 23.7. The van der Waals surface area contributed by atoms with Crippen LogP contribution in [0.2, 0.25) is 20.1 Å². The van der Waals surface area contributed by atoms with E-state index in [9.17, 15) is 58.2 Å². The average molecular weight is 1120 g/mol. The SMILES string of the molecule is Cc1cn([C@@H]2C[C@@H](O)[C@H](CNC(=O)CCN3C(=O)c4cc(Cl)c5c6c(Cl)cc7c8c(cc(Cl)c(c9c(Cl)cc(c4c59)C3=O)c86)C(=O)N(CCC(=O)NC[C@H]3O[C@@H](n4cc(C)c(=O)[nH]c4=O)C[C@@H]3O)C7=O)O2)c(=O)[nH]c1=O. The zero-order chi connectivity index (χ0) is 54.1. The third kappa shape index (κ3) is 8.16. The molecule has 76 heavy (non-hydrogen) atoms. The van der Waals surface area contributed by atoms with Crippen molar-refractivity contribution in [1.29, 1.82) is 0 Å². The second-order valence-electron chi connectivity index (χ2n) is 19.1. The Kier molecular flexibility index (Phi) is 12.7. The number of benzene rings is 5. The van der Waals surface area contributed by atoms with Crippen LogP contribution in [0.5, 0.6) is 0 Å². The molecule has 0 saturated carbocycles. The van der Waals surface area contributed by atoms with Crippen LogP contribution in [0.1, 0.15) is 90.7 Å².